The molecule has 1 aliphatic heterocycles. The van der Waals surface area contributed by atoms with Crippen LogP contribution in [0.3, 0.4) is 0 Å². The van der Waals surface area contributed by atoms with Gasteiger partial charge < -0.3 is 16.0 Å². The van der Waals surface area contributed by atoms with E-state index in [0.29, 0.717) is 18.4 Å². The van der Waals surface area contributed by atoms with Gasteiger partial charge in [0.1, 0.15) is 5.82 Å². The van der Waals surface area contributed by atoms with Crippen LogP contribution in [0.2, 0.25) is 0 Å². The summed E-state index contributed by atoms with van der Waals surface area (Å²) >= 11 is 0. The number of hydrogen-bond donors (Lipinski definition) is 2. The van der Waals surface area contributed by atoms with E-state index in [4.69, 9.17) is 7.10 Å². The van der Waals surface area contributed by atoms with Crippen LogP contribution in [-0.2, 0) is 9.59 Å². The summed E-state index contributed by atoms with van der Waals surface area (Å²) in [5.74, 6) is -2.91. The van der Waals surface area contributed by atoms with Crippen molar-refractivity contribution in [1.82, 2.24) is 9.88 Å². The van der Waals surface area contributed by atoms with Crippen LogP contribution in [0, 0.1) is 11.7 Å². The highest BCUT2D eigenvalue weighted by molar-refractivity contribution is 6.39. The lowest BCUT2D eigenvalue weighted by Crippen LogP contribution is -2.46. The number of benzene rings is 1. The number of carbonyl (C=O) groups is 3. The molecule has 28 heavy (non-hydrogen) atoms. The van der Waals surface area contributed by atoms with Crippen LogP contribution in [0.15, 0.2) is 42.7 Å². The fourth-order valence-electron chi connectivity index (χ4n) is 3.13. The maximum atomic E-state index is 13.3. The highest BCUT2D eigenvalue weighted by atomic mass is 19.1. The number of piperidine rings is 1. The fourth-order valence-corrected chi connectivity index (χ4v) is 3.13. The minimum Gasteiger partial charge on any atom is -0.366 e. The third-order valence-corrected chi connectivity index (χ3v) is 4.59. The molecule has 0 aliphatic carbocycles. The molecule has 3 amide bonds. The van der Waals surface area contributed by atoms with Gasteiger partial charge in [-0.3, -0.25) is 19.4 Å². The van der Waals surface area contributed by atoms with E-state index in [2.05, 4.69) is 10.3 Å². The Kier molecular flexibility index (Phi) is 5.27. The van der Waals surface area contributed by atoms with Crippen LogP contribution in [0.1, 0.15) is 43.1 Å². The van der Waals surface area contributed by atoms with Crippen LogP contribution in [0.4, 0.5) is 10.1 Å². The minimum absolute atomic E-state index is 0.0861. The highest BCUT2D eigenvalue weighted by Crippen LogP contribution is 2.33. The van der Waals surface area contributed by atoms with Gasteiger partial charge in [-0.25, -0.2) is 4.39 Å². The Hall–Kier alpha value is -3.29. The average Bonchev–Trinajstić information content (AvgIpc) is 2.70. The van der Waals surface area contributed by atoms with Gasteiger partial charge in [-0.1, -0.05) is 19.1 Å². The first-order valence-corrected chi connectivity index (χ1v) is 8.84. The number of likely N-dealkylation sites (tertiary alicyclic amines) is 1. The molecule has 2 aromatic rings. The molecule has 8 heteroatoms. The molecule has 1 aromatic carbocycles. The van der Waals surface area contributed by atoms with Gasteiger partial charge in [0.25, 0.3) is 0 Å². The minimum atomic E-state index is -1.48. The quantitative estimate of drug-likeness (QED) is 0.791. The second-order valence-corrected chi connectivity index (χ2v) is 6.79. The molecule has 1 saturated heterocycles. The normalized spacial score (nSPS) is 22.3. The maximum Gasteiger partial charge on any atom is 0.313 e. The fraction of sp³-hybridized carbons (Fsp3) is 0.300. The molecule has 2 atom stereocenters. The Morgan fingerprint density at radius 3 is 2.64 bits per heavy atom. The zero-order chi connectivity index (χ0) is 21.2. The predicted molar refractivity (Wildman–Crippen MR) is 101 cm³/mol. The molecule has 3 rings (SSSR count). The number of nitrogens with two attached hydrogens (primary N) is 1. The lowest BCUT2D eigenvalue weighted by Gasteiger charge is -2.38. The van der Waals surface area contributed by atoms with Gasteiger partial charge in [-0.2, -0.15) is 0 Å². The molecule has 1 fully saturated rings. The number of anilines is 1. The van der Waals surface area contributed by atoms with Gasteiger partial charge in [-0.05, 0) is 42.5 Å². The molecule has 0 spiro atoms. The molecule has 1 aromatic heterocycles. The third kappa shape index (κ3) is 4.33. The number of halogens is 1. The number of hydrogen-bond acceptors (Lipinski definition) is 4. The second-order valence-electron chi connectivity index (χ2n) is 6.79. The molecule has 2 unspecified atom stereocenters. The lowest BCUT2D eigenvalue weighted by atomic mass is 9.90. The number of rotatable bonds is 3. The Morgan fingerprint density at radius 2 is 1.96 bits per heavy atom. The number of pyridine rings is 1. The first-order chi connectivity index (χ1) is 13.7. The molecule has 0 saturated carbocycles. The SMILES string of the molecule is [2H]C1(c2ccc(F)cc2)CCC(C)CN1C(=O)C(=O)Nc1cncc(C(N)=O)c1. The van der Waals surface area contributed by atoms with E-state index in [9.17, 15) is 18.8 Å². The third-order valence-electron chi connectivity index (χ3n) is 4.59. The molecule has 0 radical (unpaired) electrons. The van der Waals surface area contributed by atoms with Crippen molar-refractivity contribution in [2.75, 3.05) is 11.9 Å². The number of carbonyl (C=O) groups excluding carboxylic acids is 3. The average molecular weight is 385 g/mol. The molecular formula is C20H21FN4O3. The summed E-state index contributed by atoms with van der Waals surface area (Å²) in [6.45, 7) is 2.15. The van der Waals surface area contributed by atoms with E-state index in [1.165, 1.54) is 47.6 Å². The van der Waals surface area contributed by atoms with Gasteiger partial charge in [0.15, 0.2) is 0 Å². The molecule has 0 bridgehead atoms. The zero-order valence-electron chi connectivity index (χ0n) is 16.3. The molecule has 3 N–H and O–H groups in total. The number of nitrogens with zero attached hydrogens (tertiary/aromatic N) is 2. The van der Waals surface area contributed by atoms with Crippen LogP contribution in [-0.4, -0.2) is 34.2 Å². The summed E-state index contributed by atoms with van der Waals surface area (Å²) in [6.07, 6.45) is 3.54. The van der Waals surface area contributed by atoms with E-state index in [0.717, 1.165) is 0 Å². The van der Waals surface area contributed by atoms with Crippen LogP contribution >= 0.6 is 0 Å². The molecule has 2 heterocycles. The summed E-state index contributed by atoms with van der Waals surface area (Å²) < 4.78 is 22.2. The van der Waals surface area contributed by atoms with Crippen molar-refractivity contribution in [3.05, 3.63) is 59.7 Å². The molecule has 7 nitrogen and oxygen atoms in total. The van der Waals surface area contributed by atoms with Crippen molar-refractivity contribution in [3.63, 3.8) is 0 Å². The number of aromatic nitrogens is 1. The van der Waals surface area contributed by atoms with E-state index in [1.54, 1.807) is 0 Å². The second kappa shape index (κ2) is 8.16. The van der Waals surface area contributed by atoms with Crippen molar-refractivity contribution in [1.29, 1.82) is 0 Å². The van der Waals surface area contributed by atoms with E-state index >= 15 is 0 Å². The largest absolute Gasteiger partial charge is 0.366 e. The Labute approximate surface area is 163 Å². The first kappa shape index (κ1) is 18.1. The molecule has 146 valence electrons. The van der Waals surface area contributed by atoms with Crippen molar-refractivity contribution in [2.45, 2.75) is 25.8 Å². The first-order valence-electron chi connectivity index (χ1n) is 9.34. The van der Waals surface area contributed by atoms with Crippen LogP contribution in [0.5, 0.6) is 0 Å². The highest BCUT2D eigenvalue weighted by Gasteiger charge is 2.34. The number of nitrogens with one attached hydrogen (secondary N) is 1. The van der Waals surface area contributed by atoms with Gasteiger partial charge in [0.2, 0.25) is 5.91 Å². The van der Waals surface area contributed by atoms with E-state index < -0.39 is 29.6 Å². The maximum absolute atomic E-state index is 13.3. The van der Waals surface area contributed by atoms with Gasteiger partial charge in [0.05, 0.1) is 24.8 Å². The zero-order valence-corrected chi connectivity index (χ0v) is 15.3. The van der Waals surface area contributed by atoms with Crippen LogP contribution < -0.4 is 11.1 Å². The standard InChI is InChI=1S/C20H21FN4O3/c1-12-2-7-17(13-3-5-15(21)6-4-13)25(11-12)20(28)19(27)24-16-8-14(18(22)26)9-23-10-16/h3-6,8-10,12,17H,2,7,11H2,1H3,(H2,22,26)(H,24,27)/i17D. The summed E-state index contributed by atoms with van der Waals surface area (Å²) in [4.78, 5) is 41.8. The number of amides is 3. The van der Waals surface area contributed by atoms with Gasteiger partial charge in [0, 0.05) is 12.7 Å². The Bertz CT molecular complexity index is 953. The topological polar surface area (TPSA) is 105 Å². The molecular weight excluding hydrogens is 363 g/mol. The van der Waals surface area contributed by atoms with Crippen molar-refractivity contribution >= 4 is 23.4 Å². The Morgan fingerprint density at radius 1 is 1.25 bits per heavy atom. The summed E-state index contributed by atoms with van der Waals surface area (Å²) in [7, 11) is 0. The van der Waals surface area contributed by atoms with Gasteiger partial charge >= 0.3 is 11.8 Å². The van der Waals surface area contributed by atoms with Crippen molar-refractivity contribution in [3.8, 4) is 0 Å². The number of primary amides is 1. The van der Waals surface area contributed by atoms with E-state index in [-0.39, 0.29) is 23.7 Å². The lowest BCUT2D eigenvalue weighted by molar-refractivity contribution is -0.146. The summed E-state index contributed by atoms with van der Waals surface area (Å²) in [5.41, 5.74) is 5.86. The van der Waals surface area contributed by atoms with Crippen molar-refractivity contribution < 1.29 is 20.1 Å². The monoisotopic (exact) mass is 385 g/mol. The van der Waals surface area contributed by atoms with Crippen molar-refractivity contribution in [2.24, 2.45) is 11.7 Å². The Balaban J connectivity index is 1.85. The summed E-state index contributed by atoms with van der Waals surface area (Å²) in [5, 5.41) is 2.40. The smallest absolute Gasteiger partial charge is 0.313 e. The predicted octanol–water partition coefficient (Wildman–Crippen LogP) is 2.26. The molecule has 1 aliphatic rings. The summed E-state index contributed by atoms with van der Waals surface area (Å²) in [6, 6.07) is 5.20. The van der Waals surface area contributed by atoms with Crippen LogP contribution in [0.25, 0.3) is 0 Å². The van der Waals surface area contributed by atoms with E-state index in [1.807, 2.05) is 6.92 Å². The van der Waals surface area contributed by atoms with Gasteiger partial charge in [-0.15, -0.1) is 0 Å².